The van der Waals surface area contributed by atoms with Crippen LogP contribution in [0.5, 0.6) is 0 Å². The summed E-state index contributed by atoms with van der Waals surface area (Å²) in [5.74, 6) is 0. The van der Waals surface area contributed by atoms with E-state index < -0.39 is 0 Å². The van der Waals surface area contributed by atoms with E-state index in [1.54, 1.807) is 0 Å². The molecule has 0 bridgehead atoms. The zero-order chi connectivity index (χ0) is 6.53. The fourth-order valence-corrected chi connectivity index (χ4v) is 0.751. The second kappa shape index (κ2) is 3.85. The molecule has 0 aliphatic carbocycles. The van der Waals surface area contributed by atoms with Crippen LogP contribution in [0, 0.1) is 0 Å². The van der Waals surface area contributed by atoms with Crippen LogP contribution in [-0.4, -0.2) is 25.8 Å². The summed E-state index contributed by atoms with van der Waals surface area (Å²) in [6.45, 7) is 5.38. The van der Waals surface area contributed by atoms with E-state index >= 15 is 0 Å². The van der Waals surface area contributed by atoms with Crippen molar-refractivity contribution in [3.8, 4) is 0 Å². The molecule has 1 atom stereocenters. The molecule has 1 aliphatic heterocycles. The number of nitrogens with one attached hydrogen (secondary N) is 1. The normalized spacial score (nSPS) is 24.3. The summed E-state index contributed by atoms with van der Waals surface area (Å²) in [7, 11) is 0. The highest BCUT2D eigenvalue weighted by Crippen LogP contribution is 2.05. The van der Waals surface area contributed by atoms with E-state index in [1.807, 2.05) is 0 Å². The molecule has 0 aromatic heterocycles. The van der Waals surface area contributed by atoms with Gasteiger partial charge in [0, 0.05) is 6.54 Å². The van der Waals surface area contributed by atoms with Crippen molar-refractivity contribution in [2.75, 3.05) is 19.7 Å². The summed E-state index contributed by atoms with van der Waals surface area (Å²) in [5.41, 5.74) is 0. The largest absolute Gasteiger partial charge is 0.372 e. The van der Waals surface area contributed by atoms with Gasteiger partial charge in [-0.15, -0.1) is 0 Å². The van der Waals surface area contributed by atoms with Crippen molar-refractivity contribution in [3.63, 3.8) is 0 Å². The van der Waals surface area contributed by atoms with Crippen LogP contribution < -0.4 is 5.32 Å². The van der Waals surface area contributed by atoms with Crippen molar-refractivity contribution in [1.29, 1.82) is 0 Å². The Morgan fingerprint density at radius 1 is 1.67 bits per heavy atom. The first-order valence-corrected chi connectivity index (χ1v) is 3.76. The maximum absolute atomic E-state index is 5.03. The minimum Gasteiger partial charge on any atom is -0.372 e. The number of ether oxygens (including phenoxy) is 1. The van der Waals surface area contributed by atoms with Crippen LogP contribution in [0.1, 0.15) is 19.8 Å². The van der Waals surface area contributed by atoms with Gasteiger partial charge in [0.1, 0.15) is 0 Å². The lowest BCUT2D eigenvalue weighted by atomic mass is 10.3. The highest BCUT2D eigenvalue weighted by molar-refractivity contribution is 4.71. The third-order valence-electron chi connectivity index (χ3n) is 1.48. The van der Waals surface area contributed by atoms with Crippen LogP contribution in [0.4, 0.5) is 0 Å². The van der Waals surface area contributed by atoms with E-state index in [1.165, 1.54) is 12.8 Å². The minimum absolute atomic E-state index is 0.543. The molecule has 1 heterocycles. The summed E-state index contributed by atoms with van der Waals surface area (Å²) < 4.78 is 5.03. The van der Waals surface area contributed by atoms with Gasteiger partial charge >= 0.3 is 0 Å². The molecule has 1 aliphatic rings. The minimum atomic E-state index is 0.543. The summed E-state index contributed by atoms with van der Waals surface area (Å²) in [6.07, 6.45) is 3.10. The number of hydrogen-bond donors (Lipinski definition) is 1. The van der Waals surface area contributed by atoms with Gasteiger partial charge in [0.15, 0.2) is 0 Å². The van der Waals surface area contributed by atoms with E-state index in [0.717, 1.165) is 19.7 Å². The maximum Gasteiger partial charge on any atom is 0.0933 e. The van der Waals surface area contributed by atoms with Crippen LogP contribution >= 0.6 is 0 Å². The summed E-state index contributed by atoms with van der Waals surface area (Å²) in [5, 5.41) is 3.32. The van der Waals surface area contributed by atoms with Crippen LogP contribution in [0.2, 0.25) is 0 Å². The molecule has 1 unspecified atom stereocenters. The molecular formula is C7H15NO. The SMILES string of the molecule is CCCCNCC1CO1. The van der Waals surface area contributed by atoms with Crippen molar-refractivity contribution >= 4 is 0 Å². The van der Waals surface area contributed by atoms with E-state index in [9.17, 15) is 0 Å². The summed E-state index contributed by atoms with van der Waals surface area (Å²) in [4.78, 5) is 0. The van der Waals surface area contributed by atoms with E-state index in [0.29, 0.717) is 6.10 Å². The Hall–Kier alpha value is -0.0800. The Labute approximate surface area is 56.6 Å². The monoisotopic (exact) mass is 129 g/mol. The summed E-state index contributed by atoms with van der Waals surface area (Å²) in [6, 6.07) is 0. The quantitative estimate of drug-likeness (QED) is 0.438. The van der Waals surface area contributed by atoms with E-state index in [-0.39, 0.29) is 0 Å². The molecule has 0 spiro atoms. The third-order valence-corrected chi connectivity index (χ3v) is 1.48. The lowest BCUT2D eigenvalue weighted by Crippen LogP contribution is -2.20. The number of epoxide rings is 1. The fourth-order valence-electron chi connectivity index (χ4n) is 0.751. The predicted octanol–water partition coefficient (Wildman–Crippen LogP) is 0.775. The first kappa shape index (κ1) is 7.03. The Morgan fingerprint density at radius 3 is 3.00 bits per heavy atom. The molecule has 1 rings (SSSR count). The fraction of sp³-hybridized carbons (Fsp3) is 1.00. The Balaban J connectivity index is 1.71. The smallest absolute Gasteiger partial charge is 0.0933 e. The first-order chi connectivity index (χ1) is 4.43. The van der Waals surface area contributed by atoms with Crippen LogP contribution in [0.3, 0.4) is 0 Å². The molecule has 9 heavy (non-hydrogen) atoms. The Kier molecular flexibility index (Phi) is 3.01. The molecule has 0 aromatic carbocycles. The second-order valence-electron chi connectivity index (χ2n) is 2.51. The van der Waals surface area contributed by atoms with Gasteiger partial charge < -0.3 is 10.1 Å². The molecule has 1 N–H and O–H groups in total. The maximum atomic E-state index is 5.03. The molecule has 54 valence electrons. The van der Waals surface area contributed by atoms with Crippen LogP contribution in [-0.2, 0) is 4.74 Å². The van der Waals surface area contributed by atoms with Crippen molar-refractivity contribution in [2.45, 2.75) is 25.9 Å². The highest BCUT2D eigenvalue weighted by atomic mass is 16.6. The number of rotatable bonds is 5. The average molecular weight is 129 g/mol. The zero-order valence-electron chi connectivity index (χ0n) is 6.02. The van der Waals surface area contributed by atoms with Gasteiger partial charge in [-0.2, -0.15) is 0 Å². The topological polar surface area (TPSA) is 24.6 Å². The number of hydrogen-bond acceptors (Lipinski definition) is 2. The van der Waals surface area contributed by atoms with Gasteiger partial charge in [-0.25, -0.2) is 0 Å². The summed E-state index contributed by atoms with van der Waals surface area (Å²) >= 11 is 0. The van der Waals surface area contributed by atoms with E-state index in [2.05, 4.69) is 12.2 Å². The average Bonchev–Trinajstić information content (AvgIpc) is 2.63. The standard InChI is InChI=1S/C7H15NO/c1-2-3-4-8-5-7-6-9-7/h7-8H,2-6H2,1H3. The van der Waals surface area contributed by atoms with Gasteiger partial charge in [-0.3, -0.25) is 0 Å². The molecule has 0 amide bonds. The molecule has 2 heteroatoms. The van der Waals surface area contributed by atoms with Crippen LogP contribution in [0.25, 0.3) is 0 Å². The molecular weight excluding hydrogens is 114 g/mol. The van der Waals surface area contributed by atoms with Gasteiger partial charge in [0.05, 0.1) is 12.7 Å². The highest BCUT2D eigenvalue weighted by Gasteiger charge is 2.20. The third kappa shape index (κ3) is 3.49. The molecule has 1 fully saturated rings. The van der Waals surface area contributed by atoms with Gasteiger partial charge in [0.25, 0.3) is 0 Å². The van der Waals surface area contributed by atoms with Gasteiger partial charge in [0.2, 0.25) is 0 Å². The number of unbranched alkanes of at least 4 members (excludes halogenated alkanes) is 1. The molecule has 1 saturated heterocycles. The Bertz CT molecular complexity index is 71.3. The molecule has 0 aromatic rings. The molecule has 0 radical (unpaired) electrons. The lowest BCUT2D eigenvalue weighted by molar-refractivity contribution is 0.396. The first-order valence-electron chi connectivity index (χ1n) is 3.76. The van der Waals surface area contributed by atoms with Crippen LogP contribution in [0.15, 0.2) is 0 Å². The van der Waals surface area contributed by atoms with Gasteiger partial charge in [-0.05, 0) is 13.0 Å². The van der Waals surface area contributed by atoms with Crippen molar-refractivity contribution in [1.82, 2.24) is 5.32 Å². The molecule has 2 nitrogen and oxygen atoms in total. The van der Waals surface area contributed by atoms with Crippen molar-refractivity contribution < 1.29 is 4.74 Å². The van der Waals surface area contributed by atoms with E-state index in [4.69, 9.17) is 4.74 Å². The van der Waals surface area contributed by atoms with Gasteiger partial charge in [-0.1, -0.05) is 13.3 Å². The molecule has 0 saturated carbocycles. The predicted molar refractivity (Wildman–Crippen MR) is 37.5 cm³/mol. The second-order valence-corrected chi connectivity index (χ2v) is 2.51. The zero-order valence-corrected chi connectivity index (χ0v) is 6.02. The van der Waals surface area contributed by atoms with Crippen molar-refractivity contribution in [3.05, 3.63) is 0 Å². The van der Waals surface area contributed by atoms with Crippen molar-refractivity contribution in [2.24, 2.45) is 0 Å². The Morgan fingerprint density at radius 2 is 2.44 bits per heavy atom. The lowest BCUT2D eigenvalue weighted by Gasteiger charge is -1.98.